The van der Waals surface area contributed by atoms with Crippen LogP contribution in [0, 0.1) is 5.92 Å². The Morgan fingerprint density at radius 3 is 2.36 bits per heavy atom. The lowest BCUT2D eigenvalue weighted by Crippen LogP contribution is -2.28. The lowest BCUT2D eigenvalue weighted by Gasteiger charge is -2.20. The van der Waals surface area contributed by atoms with Gasteiger partial charge in [-0.3, -0.25) is 9.69 Å². The number of hydrogen-bond acceptors (Lipinski definition) is 3. The van der Waals surface area contributed by atoms with Crippen LogP contribution >= 0.6 is 0 Å². The normalized spacial score (nSPS) is 17.7. The minimum Gasteiger partial charge on any atom is -0.326 e. The molecule has 4 heteroatoms. The predicted molar refractivity (Wildman–Crippen MR) is 91.9 cm³/mol. The largest absolute Gasteiger partial charge is 0.326 e. The lowest BCUT2D eigenvalue weighted by atomic mass is 10.1. The Labute approximate surface area is 134 Å². The molecule has 0 aliphatic carbocycles. The minimum absolute atomic E-state index is 0.0261. The smallest absolute Gasteiger partial charge is 0.228 e. The van der Waals surface area contributed by atoms with Crippen molar-refractivity contribution in [2.75, 3.05) is 32.0 Å². The van der Waals surface area contributed by atoms with Gasteiger partial charge in [0.2, 0.25) is 5.91 Å². The van der Waals surface area contributed by atoms with E-state index < -0.39 is 0 Å². The molecular weight excluding hydrogens is 274 g/mol. The van der Waals surface area contributed by atoms with E-state index in [1.54, 1.807) is 0 Å². The highest BCUT2D eigenvalue weighted by molar-refractivity contribution is 5.92. The summed E-state index contributed by atoms with van der Waals surface area (Å²) in [5.41, 5.74) is 2.20. The molecule has 0 radical (unpaired) electrons. The molecule has 22 heavy (non-hydrogen) atoms. The summed E-state index contributed by atoms with van der Waals surface area (Å²) in [5.74, 6) is 0.0383. The van der Waals surface area contributed by atoms with Gasteiger partial charge in [-0.1, -0.05) is 31.9 Å². The molecule has 2 rings (SSSR count). The molecule has 1 heterocycles. The van der Waals surface area contributed by atoms with Gasteiger partial charge in [0.25, 0.3) is 0 Å². The van der Waals surface area contributed by atoms with Crippen molar-refractivity contribution in [2.24, 2.45) is 5.92 Å². The van der Waals surface area contributed by atoms with Crippen molar-refractivity contribution in [1.82, 2.24) is 10.2 Å². The van der Waals surface area contributed by atoms with Gasteiger partial charge >= 0.3 is 0 Å². The van der Waals surface area contributed by atoms with E-state index in [0.717, 1.165) is 12.2 Å². The van der Waals surface area contributed by atoms with Crippen molar-refractivity contribution in [3.05, 3.63) is 29.8 Å². The summed E-state index contributed by atoms with van der Waals surface area (Å²) < 4.78 is 0. The van der Waals surface area contributed by atoms with Crippen LogP contribution < -0.4 is 10.6 Å². The third-order valence-corrected chi connectivity index (χ3v) is 4.28. The predicted octanol–water partition coefficient (Wildman–Crippen LogP) is 2.86. The zero-order chi connectivity index (χ0) is 15.8. The molecule has 1 aromatic rings. The van der Waals surface area contributed by atoms with Crippen LogP contribution in [0.25, 0.3) is 0 Å². The number of carbonyl (C=O) groups is 1. The van der Waals surface area contributed by atoms with Gasteiger partial charge in [-0.15, -0.1) is 0 Å². The summed E-state index contributed by atoms with van der Waals surface area (Å²) in [6.45, 7) is 6.06. The molecular formula is C18H29N3O. The highest BCUT2D eigenvalue weighted by atomic mass is 16.1. The Morgan fingerprint density at radius 2 is 1.77 bits per heavy atom. The Balaban J connectivity index is 1.85. The zero-order valence-corrected chi connectivity index (χ0v) is 13.9. The van der Waals surface area contributed by atoms with Gasteiger partial charge in [-0.2, -0.15) is 0 Å². The number of carbonyl (C=O) groups excluding carboxylic acids is 1. The number of anilines is 1. The quantitative estimate of drug-likeness (QED) is 0.849. The van der Waals surface area contributed by atoms with Crippen LogP contribution in [0.1, 0.15) is 38.2 Å². The molecule has 1 amide bonds. The Morgan fingerprint density at radius 1 is 1.14 bits per heavy atom. The minimum atomic E-state index is -0.0261. The number of nitrogens with one attached hydrogen (secondary N) is 2. The topological polar surface area (TPSA) is 44.4 Å². The number of benzene rings is 1. The molecule has 4 nitrogen and oxygen atoms in total. The fourth-order valence-corrected chi connectivity index (χ4v) is 2.91. The molecule has 1 aromatic carbocycles. The molecule has 1 atom stereocenters. The molecule has 0 saturated carbocycles. The third-order valence-electron chi connectivity index (χ3n) is 4.28. The van der Waals surface area contributed by atoms with Crippen LogP contribution in [0.4, 0.5) is 5.69 Å². The van der Waals surface area contributed by atoms with E-state index in [2.05, 4.69) is 27.7 Å². The summed E-state index contributed by atoms with van der Waals surface area (Å²) >= 11 is 0. The van der Waals surface area contributed by atoms with Crippen LogP contribution in [-0.2, 0) is 11.3 Å². The Kier molecular flexibility index (Phi) is 6.87. The number of hydrogen-bond donors (Lipinski definition) is 2. The van der Waals surface area contributed by atoms with E-state index in [9.17, 15) is 4.79 Å². The van der Waals surface area contributed by atoms with Gasteiger partial charge in [-0.05, 0) is 50.7 Å². The summed E-state index contributed by atoms with van der Waals surface area (Å²) in [4.78, 5) is 14.5. The second kappa shape index (κ2) is 8.91. The molecule has 0 spiro atoms. The van der Waals surface area contributed by atoms with Gasteiger partial charge in [0.15, 0.2) is 0 Å². The second-order valence-corrected chi connectivity index (χ2v) is 6.34. The van der Waals surface area contributed by atoms with Gasteiger partial charge in [-0.25, -0.2) is 0 Å². The molecule has 122 valence electrons. The van der Waals surface area contributed by atoms with E-state index >= 15 is 0 Å². The summed E-state index contributed by atoms with van der Waals surface area (Å²) in [6.07, 6.45) is 5.37. The molecule has 1 aliphatic rings. The van der Waals surface area contributed by atoms with Gasteiger partial charge in [0.1, 0.15) is 0 Å². The van der Waals surface area contributed by atoms with E-state index in [4.69, 9.17) is 0 Å². The van der Waals surface area contributed by atoms with Gasteiger partial charge in [0, 0.05) is 24.7 Å². The molecule has 1 saturated heterocycles. The molecule has 1 aliphatic heterocycles. The van der Waals surface area contributed by atoms with Crippen LogP contribution in [0.5, 0.6) is 0 Å². The van der Waals surface area contributed by atoms with Gasteiger partial charge in [0.05, 0.1) is 0 Å². The van der Waals surface area contributed by atoms with E-state index in [-0.39, 0.29) is 11.8 Å². The van der Waals surface area contributed by atoms with Crippen LogP contribution in [0.3, 0.4) is 0 Å². The van der Waals surface area contributed by atoms with Crippen molar-refractivity contribution in [1.29, 1.82) is 0 Å². The first-order valence-electron chi connectivity index (χ1n) is 8.46. The van der Waals surface area contributed by atoms with Crippen molar-refractivity contribution in [2.45, 2.75) is 39.2 Å². The summed E-state index contributed by atoms with van der Waals surface area (Å²) in [6, 6.07) is 8.28. The maximum absolute atomic E-state index is 12.0. The van der Waals surface area contributed by atoms with Crippen LogP contribution in [-0.4, -0.2) is 37.5 Å². The first-order chi connectivity index (χ1) is 10.7. The first kappa shape index (κ1) is 17.0. The monoisotopic (exact) mass is 303 g/mol. The number of likely N-dealkylation sites (tertiary alicyclic amines) is 1. The average Bonchev–Trinajstić information content (AvgIpc) is 2.78. The fourth-order valence-electron chi connectivity index (χ4n) is 2.91. The molecule has 0 aromatic heterocycles. The highest BCUT2D eigenvalue weighted by Crippen LogP contribution is 2.15. The number of amides is 1. The highest BCUT2D eigenvalue weighted by Gasteiger charge is 2.12. The van der Waals surface area contributed by atoms with Gasteiger partial charge < -0.3 is 10.6 Å². The average molecular weight is 303 g/mol. The molecule has 1 unspecified atom stereocenters. The maximum Gasteiger partial charge on any atom is 0.228 e. The maximum atomic E-state index is 12.0. The molecule has 0 bridgehead atoms. The molecule has 1 fully saturated rings. The number of rotatable bonds is 6. The Hall–Kier alpha value is -1.39. The fraction of sp³-hybridized carbons (Fsp3) is 0.611. The first-order valence-corrected chi connectivity index (χ1v) is 8.46. The second-order valence-electron chi connectivity index (χ2n) is 6.34. The summed E-state index contributed by atoms with van der Waals surface area (Å²) in [5, 5.41) is 6.00. The third kappa shape index (κ3) is 5.43. The molecule has 2 N–H and O–H groups in total. The Bertz CT molecular complexity index is 450. The standard InChI is InChI=1S/C18H29N3O/c1-15(13-19-2)18(22)20-17-9-7-16(8-10-17)14-21-11-5-3-4-6-12-21/h7-10,15,19H,3-6,11-14H2,1-2H3,(H,20,22). The van der Waals surface area contributed by atoms with Crippen molar-refractivity contribution < 1.29 is 4.79 Å². The number of nitrogens with zero attached hydrogens (tertiary/aromatic N) is 1. The van der Waals surface area contributed by atoms with Crippen molar-refractivity contribution in [3.63, 3.8) is 0 Å². The SMILES string of the molecule is CNCC(C)C(=O)Nc1ccc(CN2CCCCCC2)cc1. The lowest BCUT2D eigenvalue weighted by molar-refractivity contribution is -0.119. The van der Waals surface area contributed by atoms with Crippen LogP contribution in [0.2, 0.25) is 0 Å². The summed E-state index contributed by atoms with van der Waals surface area (Å²) in [7, 11) is 1.86. The van der Waals surface area contributed by atoms with Crippen LogP contribution in [0.15, 0.2) is 24.3 Å². The van der Waals surface area contributed by atoms with E-state index in [1.165, 1.54) is 44.3 Å². The van der Waals surface area contributed by atoms with Crippen molar-refractivity contribution >= 4 is 11.6 Å². The van der Waals surface area contributed by atoms with E-state index in [0.29, 0.717) is 6.54 Å². The van der Waals surface area contributed by atoms with Crippen molar-refractivity contribution in [3.8, 4) is 0 Å². The zero-order valence-electron chi connectivity index (χ0n) is 13.9. The van der Waals surface area contributed by atoms with E-state index in [1.807, 2.05) is 26.1 Å².